The first-order valence-electron chi connectivity index (χ1n) is 8.34. The molecule has 1 amide bonds. The van der Waals surface area contributed by atoms with Gasteiger partial charge in [-0.3, -0.25) is 9.52 Å². The zero-order valence-electron chi connectivity index (χ0n) is 14.6. The summed E-state index contributed by atoms with van der Waals surface area (Å²) in [5.41, 5.74) is -0.779. The Balaban J connectivity index is 1.76. The van der Waals surface area contributed by atoms with Gasteiger partial charge < -0.3 is 4.90 Å². The maximum atomic E-state index is 12.8. The second kappa shape index (κ2) is 8.04. The lowest BCUT2D eigenvalue weighted by Gasteiger charge is -2.26. The van der Waals surface area contributed by atoms with Gasteiger partial charge in [-0.2, -0.15) is 24.9 Å². The van der Waals surface area contributed by atoms with Crippen LogP contribution in [0.1, 0.15) is 15.9 Å². The van der Waals surface area contributed by atoms with Gasteiger partial charge in [-0.05, 0) is 42.5 Å². The summed E-state index contributed by atoms with van der Waals surface area (Å²) in [6.45, 7) is 1.28. The molecule has 0 spiro atoms. The van der Waals surface area contributed by atoms with E-state index < -0.39 is 21.8 Å². The summed E-state index contributed by atoms with van der Waals surface area (Å²) in [5.74, 6) is 1.55. The van der Waals surface area contributed by atoms with Crippen molar-refractivity contribution in [3.8, 4) is 0 Å². The Kier molecular flexibility index (Phi) is 5.90. The molecule has 150 valence electrons. The van der Waals surface area contributed by atoms with Crippen LogP contribution in [0.25, 0.3) is 0 Å². The molecule has 1 heterocycles. The fraction of sp³-hybridized carbons (Fsp3) is 0.278. The van der Waals surface area contributed by atoms with Crippen LogP contribution in [-0.4, -0.2) is 43.8 Å². The molecule has 0 saturated carbocycles. The Morgan fingerprint density at radius 1 is 1.04 bits per heavy atom. The average molecular weight is 430 g/mol. The van der Waals surface area contributed by atoms with E-state index in [1.54, 1.807) is 16.7 Å². The molecular formula is C18H17F3N2O3S2. The van der Waals surface area contributed by atoms with Gasteiger partial charge in [0.05, 0.1) is 10.5 Å². The first-order chi connectivity index (χ1) is 13.2. The number of anilines is 1. The summed E-state index contributed by atoms with van der Waals surface area (Å²) in [7, 11) is -4.09. The van der Waals surface area contributed by atoms with Crippen molar-refractivity contribution in [2.45, 2.75) is 11.1 Å². The van der Waals surface area contributed by atoms with E-state index in [1.165, 1.54) is 30.3 Å². The predicted octanol–water partition coefficient (Wildman–Crippen LogP) is 3.70. The number of nitrogens with zero attached hydrogens (tertiary/aromatic N) is 1. The van der Waals surface area contributed by atoms with Crippen molar-refractivity contribution in [1.82, 2.24) is 4.90 Å². The number of carbonyl (C=O) groups excluding carboxylic acids is 1. The molecule has 1 fully saturated rings. The highest BCUT2D eigenvalue weighted by atomic mass is 32.2. The van der Waals surface area contributed by atoms with Crippen molar-refractivity contribution in [2.24, 2.45) is 0 Å². The fourth-order valence-electron chi connectivity index (χ4n) is 2.70. The van der Waals surface area contributed by atoms with Gasteiger partial charge in [0.1, 0.15) is 0 Å². The molecule has 1 aliphatic rings. The number of carbonyl (C=O) groups is 1. The van der Waals surface area contributed by atoms with E-state index in [0.717, 1.165) is 29.7 Å². The van der Waals surface area contributed by atoms with Gasteiger partial charge in [0.15, 0.2) is 0 Å². The molecule has 0 aromatic heterocycles. The van der Waals surface area contributed by atoms with Crippen molar-refractivity contribution < 1.29 is 26.4 Å². The Morgan fingerprint density at radius 2 is 1.68 bits per heavy atom. The van der Waals surface area contributed by atoms with Gasteiger partial charge in [-0.25, -0.2) is 8.42 Å². The van der Waals surface area contributed by atoms with Gasteiger partial charge in [0, 0.05) is 35.8 Å². The Bertz CT molecular complexity index is 955. The second-order valence-electron chi connectivity index (χ2n) is 6.11. The van der Waals surface area contributed by atoms with Crippen LogP contribution < -0.4 is 4.72 Å². The first kappa shape index (κ1) is 20.5. The standard InChI is InChI=1S/C18H17F3N2O3S2/c19-18(20,21)14-2-1-3-15(12-14)22-28(25,26)16-6-4-13(5-7-16)17(24)23-8-10-27-11-9-23/h1-7,12,22H,8-11H2. The number of amides is 1. The zero-order valence-corrected chi connectivity index (χ0v) is 16.2. The molecular weight excluding hydrogens is 413 g/mol. The molecule has 1 aliphatic heterocycles. The number of halogens is 3. The lowest BCUT2D eigenvalue weighted by atomic mass is 10.2. The van der Waals surface area contributed by atoms with E-state index in [0.29, 0.717) is 18.7 Å². The molecule has 0 atom stereocenters. The Morgan fingerprint density at radius 3 is 2.29 bits per heavy atom. The monoisotopic (exact) mass is 430 g/mol. The third kappa shape index (κ3) is 4.79. The second-order valence-corrected chi connectivity index (χ2v) is 9.02. The Hall–Kier alpha value is -2.20. The minimum Gasteiger partial charge on any atom is -0.337 e. The molecule has 2 aromatic rings. The molecule has 0 unspecified atom stereocenters. The van der Waals surface area contributed by atoms with Gasteiger partial charge in [-0.1, -0.05) is 6.07 Å². The maximum Gasteiger partial charge on any atom is 0.416 e. The SMILES string of the molecule is O=C(c1ccc(S(=O)(=O)Nc2cccc(C(F)(F)F)c2)cc1)N1CCSCC1. The minimum atomic E-state index is -4.57. The van der Waals surface area contributed by atoms with Crippen LogP contribution in [0.4, 0.5) is 18.9 Å². The third-order valence-corrected chi connectivity index (χ3v) is 6.49. The molecule has 28 heavy (non-hydrogen) atoms. The fourth-order valence-corrected chi connectivity index (χ4v) is 4.65. The lowest BCUT2D eigenvalue weighted by Crippen LogP contribution is -2.37. The average Bonchev–Trinajstić information content (AvgIpc) is 2.67. The number of thioether (sulfide) groups is 1. The van der Waals surface area contributed by atoms with Gasteiger partial charge in [-0.15, -0.1) is 0 Å². The molecule has 1 saturated heterocycles. The van der Waals surface area contributed by atoms with Crippen LogP contribution in [0.5, 0.6) is 0 Å². The number of hydrogen-bond acceptors (Lipinski definition) is 4. The van der Waals surface area contributed by atoms with Gasteiger partial charge in [0.2, 0.25) is 0 Å². The number of alkyl halides is 3. The molecule has 10 heteroatoms. The van der Waals surface area contributed by atoms with Crippen molar-refractivity contribution in [3.05, 3.63) is 59.7 Å². The zero-order chi connectivity index (χ0) is 20.4. The number of rotatable bonds is 4. The largest absolute Gasteiger partial charge is 0.416 e. The summed E-state index contributed by atoms with van der Waals surface area (Å²) in [5, 5.41) is 0. The number of benzene rings is 2. The smallest absolute Gasteiger partial charge is 0.337 e. The van der Waals surface area contributed by atoms with Crippen molar-refractivity contribution in [1.29, 1.82) is 0 Å². The van der Waals surface area contributed by atoms with E-state index in [9.17, 15) is 26.4 Å². The summed E-state index contributed by atoms with van der Waals surface area (Å²) < 4.78 is 65.4. The van der Waals surface area contributed by atoms with E-state index in [4.69, 9.17) is 0 Å². The van der Waals surface area contributed by atoms with Gasteiger partial charge >= 0.3 is 6.18 Å². The lowest BCUT2D eigenvalue weighted by molar-refractivity contribution is -0.137. The normalized spacial score (nSPS) is 15.3. The Labute approximate surface area is 165 Å². The summed E-state index contributed by atoms with van der Waals surface area (Å²) in [6.07, 6.45) is -4.57. The molecule has 0 bridgehead atoms. The van der Waals surface area contributed by atoms with Crippen molar-refractivity contribution >= 4 is 33.4 Å². The predicted molar refractivity (Wildman–Crippen MR) is 102 cm³/mol. The molecule has 3 rings (SSSR count). The van der Waals surface area contributed by atoms with Crippen molar-refractivity contribution in [2.75, 3.05) is 29.3 Å². The van der Waals surface area contributed by atoms with Crippen LogP contribution >= 0.6 is 11.8 Å². The highest BCUT2D eigenvalue weighted by molar-refractivity contribution is 7.99. The minimum absolute atomic E-state index is 0.143. The maximum absolute atomic E-state index is 12.8. The highest BCUT2D eigenvalue weighted by Crippen LogP contribution is 2.31. The number of sulfonamides is 1. The van der Waals surface area contributed by atoms with Gasteiger partial charge in [0.25, 0.3) is 15.9 Å². The van der Waals surface area contributed by atoms with Crippen LogP contribution in [0, 0.1) is 0 Å². The van der Waals surface area contributed by atoms with E-state index >= 15 is 0 Å². The van der Waals surface area contributed by atoms with Crippen LogP contribution in [0.3, 0.4) is 0 Å². The molecule has 2 aromatic carbocycles. The third-order valence-electron chi connectivity index (χ3n) is 4.15. The molecule has 0 aliphatic carbocycles. The van der Waals surface area contributed by atoms with Crippen LogP contribution in [0.15, 0.2) is 53.4 Å². The number of nitrogens with one attached hydrogen (secondary N) is 1. The van der Waals surface area contributed by atoms with Crippen LogP contribution in [0.2, 0.25) is 0 Å². The highest BCUT2D eigenvalue weighted by Gasteiger charge is 2.30. The summed E-state index contributed by atoms with van der Waals surface area (Å²) in [4.78, 5) is 14.0. The summed E-state index contributed by atoms with van der Waals surface area (Å²) >= 11 is 1.77. The topological polar surface area (TPSA) is 66.5 Å². The van der Waals surface area contributed by atoms with Crippen molar-refractivity contribution in [3.63, 3.8) is 0 Å². The number of hydrogen-bond donors (Lipinski definition) is 1. The first-order valence-corrected chi connectivity index (χ1v) is 11.0. The van der Waals surface area contributed by atoms with E-state index in [1.807, 2.05) is 0 Å². The molecule has 5 nitrogen and oxygen atoms in total. The summed E-state index contributed by atoms with van der Waals surface area (Å²) in [6, 6.07) is 9.29. The molecule has 0 radical (unpaired) electrons. The van der Waals surface area contributed by atoms with Crippen LogP contribution in [-0.2, 0) is 16.2 Å². The molecule has 1 N–H and O–H groups in total. The van der Waals surface area contributed by atoms with E-state index in [-0.39, 0.29) is 16.5 Å². The van der Waals surface area contributed by atoms with E-state index in [2.05, 4.69) is 4.72 Å². The quantitative estimate of drug-likeness (QED) is 0.804.